The van der Waals surface area contributed by atoms with Gasteiger partial charge in [-0.25, -0.2) is 8.42 Å². The Labute approximate surface area is 209 Å². The molecule has 0 aliphatic heterocycles. The topological polar surface area (TPSA) is 86.8 Å². The van der Waals surface area contributed by atoms with Crippen molar-refractivity contribution in [1.29, 1.82) is 0 Å². The molecular formula is C27H37N3O4S. The van der Waals surface area contributed by atoms with Crippen LogP contribution in [0.15, 0.2) is 48.5 Å². The first kappa shape index (κ1) is 26.7. The minimum Gasteiger partial charge on any atom is -0.352 e. The van der Waals surface area contributed by atoms with Crippen LogP contribution in [0.4, 0.5) is 5.69 Å². The van der Waals surface area contributed by atoms with Crippen molar-refractivity contribution in [3.05, 3.63) is 65.2 Å². The molecular weight excluding hydrogens is 462 g/mol. The molecule has 0 aromatic heterocycles. The van der Waals surface area contributed by atoms with Crippen LogP contribution in [0.3, 0.4) is 0 Å². The van der Waals surface area contributed by atoms with Gasteiger partial charge in [0.1, 0.15) is 12.6 Å². The van der Waals surface area contributed by atoms with Crippen LogP contribution in [0, 0.1) is 13.8 Å². The molecule has 0 unspecified atom stereocenters. The Bertz CT molecular complexity index is 1110. The quantitative estimate of drug-likeness (QED) is 0.566. The lowest BCUT2D eigenvalue weighted by Gasteiger charge is -2.33. The maximum Gasteiger partial charge on any atom is 0.244 e. The molecule has 1 N–H and O–H groups in total. The third kappa shape index (κ3) is 7.07. The van der Waals surface area contributed by atoms with Crippen LogP contribution in [-0.2, 0) is 26.2 Å². The van der Waals surface area contributed by atoms with Crippen molar-refractivity contribution >= 4 is 27.5 Å². The number of sulfonamides is 1. The molecule has 1 atom stereocenters. The van der Waals surface area contributed by atoms with Crippen molar-refractivity contribution in [2.75, 3.05) is 17.1 Å². The number of aryl methyl sites for hydroxylation is 2. The zero-order chi connectivity index (χ0) is 25.6. The Kier molecular flexibility index (Phi) is 8.94. The number of nitrogens with one attached hydrogen (secondary N) is 1. The van der Waals surface area contributed by atoms with Gasteiger partial charge in [0, 0.05) is 12.6 Å². The van der Waals surface area contributed by atoms with Crippen molar-refractivity contribution in [3.63, 3.8) is 0 Å². The van der Waals surface area contributed by atoms with E-state index in [0.717, 1.165) is 52.9 Å². The molecule has 190 valence electrons. The lowest BCUT2D eigenvalue weighted by molar-refractivity contribution is -0.139. The number of carbonyl (C=O) groups is 2. The summed E-state index contributed by atoms with van der Waals surface area (Å²) in [6.07, 6.45) is 6.35. The van der Waals surface area contributed by atoms with Gasteiger partial charge < -0.3 is 10.2 Å². The van der Waals surface area contributed by atoms with Gasteiger partial charge in [-0.1, -0.05) is 67.8 Å². The van der Waals surface area contributed by atoms with E-state index in [2.05, 4.69) is 5.32 Å². The predicted molar refractivity (Wildman–Crippen MR) is 140 cm³/mol. The van der Waals surface area contributed by atoms with Gasteiger partial charge in [0.25, 0.3) is 0 Å². The summed E-state index contributed by atoms with van der Waals surface area (Å²) in [5.74, 6) is -0.632. The molecule has 0 heterocycles. The fourth-order valence-corrected chi connectivity index (χ4v) is 5.67. The van der Waals surface area contributed by atoms with E-state index in [9.17, 15) is 18.0 Å². The van der Waals surface area contributed by atoms with E-state index < -0.39 is 22.0 Å². The summed E-state index contributed by atoms with van der Waals surface area (Å²) in [6, 6.07) is 14.3. The monoisotopic (exact) mass is 499 g/mol. The molecule has 1 saturated carbocycles. The first-order valence-electron chi connectivity index (χ1n) is 12.3. The molecule has 0 saturated heterocycles. The van der Waals surface area contributed by atoms with E-state index in [1.54, 1.807) is 6.92 Å². The predicted octanol–water partition coefficient (Wildman–Crippen LogP) is 3.94. The molecule has 3 rings (SSSR count). The van der Waals surface area contributed by atoms with Crippen molar-refractivity contribution in [1.82, 2.24) is 10.2 Å². The van der Waals surface area contributed by atoms with Crippen LogP contribution in [0.2, 0.25) is 0 Å². The fraction of sp³-hybridized carbons (Fsp3) is 0.481. The maximum absolute atomic E-state index is 13.7. The molecule has 2 aromatic carbocycles. The Balaban J connectivity index is 1.89. The second-order valence-corrected chi connectivity index (χ2v) is 11.4. The van der Waals surface area contributed by atoms with Crippen LogP contribution in [0.1, 0.15) is 55.7 Å². The Morgan fingerprint density at radius 2 is 1.57 bits per heavy atom. The van der Waals surface area contributed by atoms with Gasteiger partial charge in [-0.15, -0.1) is 0 Å². The third-order valence-electron chi connectivity index (χ3n) is 6.68. The highest BCUT2D eigenvalue weighted by atomic mass is 32.2. The van der Waals surface area contributed by atoms with E-state index in [-0.39, 0.29) is 25.0 Å². The normalized spacial score (nSPS) is 15.3. The number of amides is 2. The standard InChI is InChI=1S/C27H37N3O4S/c1-20-12-11-13-21(2)26(20)30(35(4,33)34)19-25(31)29(18-23-14-7-5-8-15-23)22(3)27(32)28-24-16-9-6-10-17-24/h5,7-8,11-15,22,24H,6,9-10,16-19H2,1-4H3,(H,28,32)/t22-/m0/s1. The van der Waals surface area contributed by atoms with Crippen LogP contribution < -0.4 is 9.62 Å². The minimum atomic E-state index is -3.75. The van der Waals surface area contributed by atoms with Crippen LogP contribution in [-0.4, -0.2) is 50.0 Å². The summed E-state index contributed by atoms with van der Waals surface area (Å²) in [7, 11) is -3.75. The van der Waals surface area contributed by atoms with Gasteiger partial charge in [-0.3, -0.25) is 13.9 Å². The lowest BCUT2D eigenvalue weighted by atomic mass is 9.95. The van der Waals surface area contributed by atoms with Crippen molar-refractivity contribution in [2.45, 2.75) is 71.5 Å². The van der Waals surface area contributed by atoms with Gasteiger partial charge in [-0.2, -0.15) is 0 Å². The summed E-state index contributed by atoms with van der Waals surface area (Å²) in [5, 5.41) is 3.11. The third-order valence-corrected chi connectivity index (χ3v) is 7.80. The van der Waals surface area contributed by atoms with Gasteiger partial charge in [0.15, 0.2) is 0 Å². The van der Waals surface area contributed by atoms with E-state index >= 15 is 0 Å². The molecule has 1 aliphatic rings. The van der Waals surface area contributed by atoms with Crippen LogP contribution in [0.5, 0.6) is 0 Å². The number of hydrogen-bond acceptors (Lipinski definition) is 4. The average Bonchev–Trinajstić information content (AvgIpc) is 2.82. The zero-order valence-corrected chi connectivity index (χ0v) is 22.0. The van der Waals surface area contributed by atoms with Crippen LogP contribution in [0.25, 0.3) is 0 Å². The molecule has 35 heavy (non-hydrogen) atoms. The van der Waals surface area contributed by atoms with Crippen molar-refractivity contribution in [2.24, 2.45) is 0 Å². The summed E-state index contributed by atoms with van der Waals surface area (Å²) in [6.45, 7) is 5.20. The lowest BCUT2D eigenvalue weighted by Crippen LogP contribution is -2.53. The first-order chi connectivity index (χ1) is 16.6. The van der Waals surface area contributed by atoms with Gasteiger partial charge in [0.05, 0.1) is 11.9 Å². The first-order valence-corrected chi connectivity index (χ1v) is 14.1. The van der Waals surface area contributed by atoms with Gasteiger partial charge in [0.2, 0.25) is 21.8 Å². The van der Waals surface area contributed by atoms with E-state index in [1.165, 1.54) is 11.3 Å². The molecule has 2 amide bonds. The van der Waals surface area contributed by atoms with Gasteiger partial charge in [-0.05, 0) is 50.3 Å². The second kappa shape index (κ2) is 11.7. The molecule has 0 bridgehead atoms. The van der Waals surface area contributed by atoms with Crippen molar-refractivity contribution in [3.8, 4) is 0 Å². The molecule has 1 fully saturated rings. The Morgan fingerprint density at radius 3 is 2.14 bits per heavy atom. The second-order valence-electron chi connectivity index (χ2n) is 9.54. The SMILES string of the molecule is Cc1cccc(C)c1N(CC(=O)N(Cc1ccccc1)[C@@H](C)C(=O)NC1CCCCC1)S(C)(=O)=O. The molecule has 1 aliphatic carbocycles. The summed E-state index contributed by atoms with van der Waals surface area (Å²) in [4.78, 5) is 28.3. The highest BCUT2D eigenvalue weighted by Gasteiger charge is 2.32. The summed E-state index contributed by atoms with van der Waals surface area (Å²) in [5.41, 5.74) is 2.90. The largest absolute Gasteiger partial charge is 0.352 e. The molecule has 2 aromatic rings. The number of para-hydroxylation sites is 1. The van der Waals surface area contributed by atoms with E-state index in [4.69, 9.17) is 0 Å². The fourth-order valence-electron chi connectivity index (χ4n) is 4.71. The smallest absolute Gasteiger partial charge is 0.244 e. The van der Waals surface area contributed by atoms with Crippen molar-refractivity contribution < 1.29 is 18.0 Å². The zero-order valence-electron chi connectivity index (χ0n) is 21.2. The Morgan fingerprint density at radius 1 is 0.971 bits per heavy atom. The highest BCUT2D eigenvalue weighted by molar-refractivity contribution is 7.92. The Hall–Kier alpha value is -2.87. The summed E-state index contributed by atoms with van der Waals surface area (Å²) < 4.78 is 26.7. The number of nitrogens with zero attached hydrogens (tertiary/aromatic N) is 2. The maximum atomic E-state index is 13.7. The number of carbonyl (C=O) groups excluding carboxylic acids is 2. The molecule has 0 radical (unpaired) electrons. The molecule has 7 nitrogen and oxygen atoms in total. The number of hydrogen-bond donors (Lipinski definition) is 1. The van der Waals surface area contributed by atoms with Gasteiger partial charge >= 0.3 is 0 Å². The van der Waals surface area contributed by atoms with E-state index in [1.807, 2.05) is 62.4 Å². The average molecular weight is 500 g/mol. The number of anilines is 1. The number of rotatable bonds is 9. The summed E-state index contributed by atoms with van der Waals surface area (Å²) >= 11 is 0. The number of benzene rings is 2. The van der Waals surface area contributed by atoms with Crippen LogP contribution >= 0.6 is 0 Å². The molecule has 0 spiro atoms. The highest BCUT2D eigenvalue weighted by Crippen LogP contribution is 2.27. The minimum absolute atomic E-state index is 0.120. The van der Waals surface area contributed by atoms with E-state index in [0.29, 0.717) is 5.69 Å². The molecule has 8 heteroatoms.